The summed E-state index contributed by atoms with van der Waals surface area (Å²) in [6, 6.07) is -5.80. The number of carboxylic acids is 1. The van der Waals surface area contributed by atoms with Crippen molar-refractivity contribution in [2.75, 3.05) is 0 Å². The van der Waals surface area contributed by atoms with Crippen molar-refractivity contribution in [3.8, 4) is 0 Å². The fraction of sp³-hybridized carbons (Fsp3) is 0.600. The largest absolute Gasteiger partial charge is 0.480 e. The highest BCUT2D eigenvalue weighted by molar-refractivity contribution is 5.96. The smallest absolute Gasteiger partial charge is 0.326 e. The summed E-state index contributed by atoms with van der Waals surface area (Å²) in [7, 11) is 0. The molecule has 0 aromatic rings. The Hall–Kier alpha value is -3.26. The monoisotopic (exact) mass is 418 g/mol. The van der Waals surface area contributed by atoms with E-state index in [9.17, 15) is 33.9 Å². The Morgan fingerprint density at radius 3 is 1.66 bits per heavy atom. The maximum absolute atomic E-state index is 12.3. The van der Waals surface area contributed by atoms with Gasteiger partial charge >= 0.3 is 5.97 Å². The molecular formula is C15H26N6O8. The molecule has 164 valence electrons. The molecule has 29 heavy (non-hydrogen) atoms. The lowest BCUT2D eigenvalue weighted by atomic mass is 10.1. The first-order valence-electron chi connectivity index (χ1n) is 8.40. The van der Waals surface area contributed by atoms with E-state index in [1.807, 2.05) is 5.32 Å². The topological polar surface area (TPSA) is 257 Å². The van der Waals surface area contributed by atoms with Gasteiger partial charge in [0.15, 0.2) is 0 Å². The summed E-state index contributed by atoms with van der Waals surface area (Å²) in [6.45, 7) is 2.44. The van der Waals surface area contributed by atoms with Crippen LogP contribution in [0.1, 0.15) is 26.7 Å². The molecule has 0 aromatic carbocycles. The van der Waals surface area contributed by atoms with E-state index in [0.717, 1.165) is 0 Å². The van der Waals surface area contributed by atoms with Crippen LogP contribution in [0.3, 0.4) is 0 Å². The molecule has 0 radical (unpaired) electrons. The van der Waals surface area contributed by atoms with E-state index in [-0.39, 0.29) is 0 Å². The molecular weight excluding hydrogens is 392 g/mol. The maximum Gasteiger partial charge on any atom is 0.326 e. The second kappa shape index (κ2) is 11.6. The molecule has 0 rings (SSSR count). The molecule has 14 nitrogen and oxygen atoms in total. The van der Waals surface area contributed by atoms with Gasteiger partial charge in [-0.25, -0.2) is 4.79 Å². The molecule has 0 fully saturated rings. The quantitative estimate of drug-likeness (QED) is 0.151. The van der Waals surface area contributed by atoms with Gasteiger partial charge in [-0.1, -0.05) is 0 Å². The number of carbonyl (C=O) groups excluding carboxylic acids is 5. The normalized spacial score (nSPS) is 15.7. The Morgan fingerprint density at radius 1 is 0.793 bits per heavy atom. The summed E-state index contributed by atoms with van der Waals surface area (Å²) in [5.41, 5.74) is 15.4. The number of nitrogens with one attached hydrogen (secondary N) is 3. The van der Waals surface area contributed by atoms with Crippen molar-refractivity contribution < 1.29 is 39.0 Å². The number of aliphatic hydroxyl groups excluding tert-OH is 1. The first-order chi connectivity index (χ1) is 13.3. The molecule has 0 spiro atoms. The maximum atomic E-state index is 12.3. The third-order valence-corrected chi connectivity index (χ3v) is 3.63. The average Bonchev–Trinajstić information content (AvgIpc) is 2.58. The summed E-state index contributed by atoms with van der Waals surface area (Å²) in [5, 5.41) is 24.6. The van der Waals surface area contributed by atoms with Gasteiger partial charge in [0.2, 0.25) is 29.5 Å². The lowest BCUT2D eigenvalue weighted by molar-refractivity contribution is -0.143. The highest BCUT2D eigenvalue weighted by Gasteiger charge is 2.30. The molecule has 5 amide bonds. The van der Waals surface area contributed by atoms with Gasteiger partial charge in [0.05, 0.1) is 18.9 Å². The van der Waals surface area contributed by atoms with E-state index in [4.69, 9.17) is 22.3 Å². The number of carbonyl (C=O) groups is 6. The first-order valence-corrected chi connectivity index (χ1v) is 8.40. The summed E-state index contributed by atoms with van der Waals surface area (Å²) >= 11 is 0. The Morgan fingerprint density at radius 2 is 1.24 bits per heavy atom. The van der Waals surface area contributed by atoms with Crippen molar-refractivity contribution >= 4 is 35.5 Å². The van der Waals surface area contributed by atoms with E-state index in [1.54, 1.807) is 0 Å². The van der Waals surface area contributed by atoms with Gasteiger partial charge < -0.3 is 43.4 Å². The molecule has 5 atom stereocenters. The van der Waals surface area contributed by atoms with Gasteiger partial charge in [-0.3, -0.25) is 24.0 Å². The van der Waals surface area contributed by atoms with Crippen LogP contribution in [-0.4, -0.2) is 76.0 Å². The molecule has 0 saturated carbocycles. The summed E-state index contributed by atoms with van der Waals surface area (Å²) < 4.78 is 0. The number of primary amides is 2. The van der Waals surface area contributed by atoms with Gasteiger partial charge in [-0.15, -0.1) is 0 Å². The Bertz CT molecular complexity index is 667. The Balaban J connectivity index is 5.11. The van der Waals surface area contributed by atoms with Crippen molar-refractivity contribution in [2.24, 2.45) is 17.2 Å². The minimum absolute atomic E-state index is 0.627. The zero-order chi connectivity index (χ0) is 22.9. The average molecular weight is 418 g/mol. The van der Waals surface area contributed by atoms with E-state index in [0.29, 0.717) is 0 Å². The second-order valence-corrected chi connectivity index (χ2v) is 6.30. The number of hydrogen-bond acceptors (Lipinski definition) is 8. The summed E-state index contributed by atoms with van der Waals surface area (Å²) in [5.74, 6) is -6.31. The number of aliphatic carboxylic acids is 1. The number of nitrogens with two attached hydrogens (primary N) is 3. The predicted octanol–water partition coefficient (Wildman–Crippen LogP) is -5.00. The molecule has 0 heterocycles. The summed E-state index contributed by atoms with van der Waals surface area (Å²) in [6.07, 6.45) is -2.54. The van der Waals surface area contributed by atoms with Crippen molar-refractivity contribution in [3.63, 3.8) is 0 Å². The van der Waals surface area contributed by atoms with E-state index >= 15 is 0 Å². The SMILES string of the molecule is CC(NC(=O)C(CC(N)=O)NC(=O)C(N)C(C)O)C(=O)NC(CC(N)=O)C(=O)O. The van der Waals surface area contributed by atoms with E-state index < -0.39 is 78.6 Å². The number of hydrogen-bond donors (Lipinski definition) is 8. The van der Waals surface area contributed by atoms with Crippen LogP contribution in [0.15, 0.2) is 0 Å². The van der Waals surface area contributed by atoms with E-state index in [1.165, 1.54) is 13.8 Å². The highest BCUT2D eigenvalue weighted by atomic mass is 16.4. The van der Waals surface area contributed by atoms with Crippen molar-refractivity contribution in [1.82, 2.24) is 16.0 Å². The van der Waals surface area contributed by atoms with Crippen molar-refractivity contribution in [3.05, 3.63) is 0 Å². The van der Waals surface area contributed by atoms with Gasteiger partial charge in [0, 0.05) is 0 Å². The fourth-order valence-electron chi connectivity index (χ4n) is 1.97. The zero-order valence-electron chi connectivity index (χ0n) is 15.9. The lowest BCUT2D eigenvalue weighted by Gasteiger charge is -2.23. The van der Waals surface area contributed by atoms with Crippen LogP contribution in [0.2, 0.25) is 0 Å². The van der Waals surface area contributed by atoms with Crippen LogP contribution < -0.4 is 33.2 Å². The molecule has 0 aliphatic heterocycles. The van der Waals surface area contributed by atoms with Crippen molar-refractivity contribution in [1.29, 1.82) is 0 Å². The van der Waals surface area contributed by atoms with Crippen LogP contribution in [0.5, 0.6) is 0 Å². The van der Waals surface area contributed by atoms with E-state index in [2.05, 4.69) is 10.6 Å². The Kier molecular flexibility index (Phi) is 10.3. The number of aliphatic hydroxyl groups is 1. The van der Waals surface area contributed by atoms with Crippen LogP contribution >= 0.6 is 0 Å². The van der Waals surface area contributed by atoms with Crippen molar-refractivity contribution in [2.45, 2.75) is 57.0 Å². The van der Waals surface area contributed by atoms with Crippen LogP contribution in [0, 0.1) is 0 Å². The van der Waals surface area contributed by atoms with Crippen LogP contribution in [0.25, 0.3) is 0 Å². The summed E-state index contributed by atoms with van der Waals surface area (Å²) in [4.78, 5) is 69.4. The van der Waals surface area contributed by atoms with Gasteiger partial charge in [0.1, 0.15) is 24.2 Å². The zero-order valence-corrected chi connectivity index (χ0v) is 15.9. The molecule has 5 unspecified atom stereocenters. The molecule has 11 N–H and O–H groups in total. The molecule has 14 heteroatoms. The third kappa shape index (κ3) is 9.48. The van der Waals surface area contributed by atoms with Gasteiger partial charge in [-0.2, -0.15) is 0 Å². The molecule has 0 aliphatic rings. The third-order valence-electron chi connectivity index (χ3n) is 3.63. The molecule has 0 saturated heterocycles. The first kappa shape index (κ1) is 25.7. The lowest BCUT2D eigenvalue weighted by Crippen LogP contribution is -2.58. The van der Waals surface area contributed by atoms with Gasteiger partial charge in [0.25, 0.3) is 0 Å². The molecule has 0 bridgehead atoms. The minimum atomic E-state index is -1.61. The van der Waals surface area contributed by atoms with Gasteiger partial charge in [-0.05, 0) is 13.8 Å². The number of amides is 5. The number of rotatable bonds is 12. The predicted molar refractivity (Wildman–Crippen MR) is 96.4 cm³/mol. The molecule has 0 aromatic heterocycles. The number of carboxylic acid groups (broad SMARTS) is 1. The standard InChI is InChI=1S/C15H26N6O8/c1-5(12(25)21-8(15(28)29)4-10(17)24)19-13(26)7(3-9(16)23)20-14(27)11(18)6(2)22/h5-8,11,22H,3-4,18H2,1-2H3,(H2,16,23)(H2,17,24)(H,19,26)(H,20,27)(H,21,25)(H,28,29). The van der Waals surface area contributed by atoms with Crippen LogP contribution in [0.4, 0.5) is 0 Å². The highest BCUT2D eigenvalue weighted by Crippen LogP contribution is 1.99. The van der Waals surface area contributed by atoms with Crippen LogP contribution in [-0.2, 0) is 28.8 Å². The Labute approximate surface area is 165 Å². The minimum Gasteiger partial charge on any atom is -0.480 e. The fourth-order valence-corrected chi connectivity index (χ4v) is 1.97. The molecule has 0 aliphatic carbocycles. The second-order valence-electron chi connectivity index (χ2n) is 6.30.